The molecule has 0 saturated carbocycles. The Hall–Kier alpha value is -0.849. The van der Waals surface area contributed by atoms with Gasteiger partial charge in [0, 0.05) is 5.39 Å². The first-order valence-corrected chi connectivity index (χ1v) is 19.0. The molecule has 2 rings (SSSR count). The molecule has 0 saturated heterocycles. The van der Waals surface area contributed by atoms with E-state index in [0.717, 1.165) is 5.39 Å². The van der Waals surface area contributed by atoms with Crippen molar-refractivity contribution in [2.75, 3.05) is 0 Å². The number of phenolic OH excluding ortho intramolecular Hbond substituents is 1. The summed E-state index contributed by atoms with van der Waals surface area (Å²) in [6.07, 6.45) is 0. The molecular weight excluding hydrogens is 328 g/mol. The molecule has 0 bridgehead atoms. The summed E-state index contributed by atoms with van der Waals surface area (Å²) in [5.41, 5.74) is 0. The molecule has 4 heteroatoms. The summed E-state index contributed by atoms with van der Waals surface area (Å²) in [4.78, 5) is 0. The fraction of sp³-hybridized carbons (Fsp3) is 0.474. The van der Waals surface area contributed by atoms with Gasteiger partial charge in [-0.25, -0.2) is 0 Å². The van der Waals surface area contributed by atoms with Gasteiger partial charge in [-0.2, -0.15) is 0 Å². The number of phenols is 1. The summed E-state index contributed by atoms with van der Waals surface area (Å²) in [5.74, 6) is 0.569. The molecule has 2 aromatic carbocycles. The van der Waals surface area contributed by atoms with Crippen molar-refractivity contribution in [2.45, 2.75) is 58.9 Å². The topological polar surface area (TPSA) is 20.2 Å². The Kier molecular flexibility index (Phi) is 4.50. The number of hydrogen-bond acceptors (Lipinski definition) is 1. The monoisotopic (exact) mass is 360 g/mol. The second kappa shape index (κ2) is 5.60. The van der Waals surface area contributed by atoms with Gasteiger partial charge in [-0.15, -0.1) is 0 Å². The number of aromatic hydroxyl groups is 1. The second-order valence-electron chi connectivity index (χ2n) is 9.80. The van der Waals surface area contributed by atoms with Crippen LogP contribution in [0.2, 0.25) is 58.9 Å². The van der Waals surface area contributed by atoms with E-state index in [1.807, 2.05) is 0 Å². The Balaban J connectivity index is 3.08. The summed E-state index contributed by atoms with van der Waals surface area (Å²) < 4.78 is 0. The van der Waals surface area contributed by atoms with Gasteiger partial charge in [-0.3, -0.25) is 0 Å². The quantitative estimate of drug-likeness (QED) is 0.814. The molecule has 0 heterocycles. The maximum atomic E-state index is 11.2. The third kappa shape index (κ3) is 3.49. The smallest absolute Gasteiger partial charge is 0.122 e. The summed E-state index contributed by atoms with van der Waals surface area (Å²) in [7, 11) is -4.61. The molecule has 0 atom stereocenters. The molecule has 0 unspecified atom stereocenters. The van der Waals surface area contributed by atoms with Gasteiger partial charge in [-0.05, 0) is 15.8 Å². The molecule has 0 aromatic heterocycles. The first-order valence-electron chi connectivity index (χ1n) is 8.54. The molecule has 0 aliphatic carbocycles. The van der Waals surface area contributed by atoms with Crippen LogP contribution in [-0.4, -0.2) is 29.3 Å². The molecule has 0 spiro atoms. The Morgan fingerprint density at radius 3 is 1.57 bits per heavy atom. The Morgan fingerprint density at radius 1 is 0.652 bits per heavy atom. The van der Waals surface area contributed by atoms with Gasteiger partial charge in [-0.1, -0.05) is 88.4 Å². The average molecular weight is 361 g/mol. The lowest BCUT2D eigenvalue weighted by molar-refractivity contribution is 0.485. The standard InChI is InChI=1S/C19H32OSi3/c1-21(2,3)15-12-10-11-14-16(22(4,5)6)13-17(23(7,8)9)19(20)18(14)15/h10-13,20H,1-9H3. The average Bonchev–Trinajstić information content (AvgIpc) is 2.34. The fourth-order valence-electron chi connectivity index (χ4n) is 3.27. The molecule has 0 fully saturated rings. The Bertz CT molecular complexity index is 744. The summed E-state index contributed by atoms with van der Waals surface area (Å²) >= 11 is 0. The van der Waals surface area contributed by atoms with Crippen LogP contribution in [-0.2, 0) is 0 Å². The van der Waals surface area contributed by atoms with Crippen molar-refractivity contribution in [3.05, 3.63) is 24.3 Å². The van der Waals surface area contributed by atoms with Gasteiger partial charge in [0.05, 0.1) is 24.2 Å². The minimum Gasteiger partial charge on any atom is -0.507 e. The van der Waals surface area contributed by atoms with Crippen LogP contribution in [0.15, 0.2) is 24.3 Å². The first kappa shape index (κ1) is 18.5. The summed E-state index contributed by atoms with van der Waals surface area (Å²) in [6.45, 7) is 21.3. The molecular formula is C19H32OSi3. The molecule has 0 radical (unpaired) electrons. The van der Waals surface area contributed by atoms with Crippen LogP contribution >= 0.6 is 0 Å². The lowest BCUT2D eigenvalue weighted by Crippen LogP contribution is -2.47. The molecule has 126 valence electrons. The molecule has 0 aliphatic heterocycles. The van der Waals surface area contributed by atoms with Crippen LogP contribution in [0, 0.1) is 0 Å². The van der Waals surface area contributed by atoms with Crippen molar-refractivity contribution in [3.63, 3.8) is 0 Å². The summed E-state index contributed by atoms with van der Waals surface area (Å²) in [6, 6.07) is 9.01. The van der Waals surface area contributed by atoms with Gasteiger partial charge < -0.3 is 5.11 Å². The van der Waals surface area contributed by atoms with E-state index < -0.39 is 24.2 Å². The maximum Gasteiger partial charge on any atom is 0.122 e. The number of hydrogen-bond donors (Lipinski definition) is 1. The van der Waals surface area contributed by atoms with Crippen LogP contribution in [0.25, 0.3) is 10.8 Å². The highest BCUT2D eigenvalue weighted by Gasteiger charge is 2.30. The van der Waals surface area contributed by atoms with Crippen LogP contribution < -0.4 is 15.6 Å². The minimum atomic E-state index is -1.60. The lowest BCUT2D eigenvalue weighted by atomic mass is 10.1. The third-order valence-electron chi connectivity index (χ3n) is 4.56. The van der Waals surface area contributed by atoms with E-state index in [1.165, 1.54) is 20.9 Å². The van der Waals surface area contributed by atoms with E-state index in [9.17, 15) is 5.11 Å². The Morgan fingerprint density at radius 2 is 1.13 bits per heavy atom. The molecule has 1 nitrogen and oxygen atoms in total. The zero-order valence-electron chi connectivity index (χ0n) is 16.3. The van der Waals surface area contributed by atoms with Gasteiger partial charge >= 0.3 is 0 Å². The van der Waals surface area contributed by atoms with Crippen molar-refractivity contribution in [1.82, 2.24) is 0 Å². The predicted molar refractivity (Wildman–Crippen MR) is 115 cm³/mol. The van der Waals surface area contributed by atoms with Gasteiger partial charge in [0.15, 0.2) is 0 Å². The van der Waals surface area contributed by atoms with Crippen molar-refractivity contribution in [1.29, 1.82) is 0 Å². The lowest BCUT2D eigenvalue weighted by Gasteiger charge is -2.29. The van der Waals surface area contributed by atoms with Crippen LogP contribution in [0.5, 0.6) is 5.75 Å². The van der Waals surface area contributed by atoms with E-state index in [0.29, 0.717) is 5.75 Å². The SMILES string of the molecule is C[Si](C)(C)c1cc([Si](C)(C)C)c2cccc([Si](C)(C)C)c2c1O. The van der Waals surface area contributed by atoms with E-state index in [2.05, 4.69) is 83.2 Å². The van der Waals surface area contributed by atoms with E-state index in [-0.39, 0.29) is 0 Å². The molecule has 0 amide bonds. The Labute approximate surface area is 144 Å². The number of fused-ring (bicyclic) bond motifs is 1. The third-order valence-corrected chi connectivity index (χ3v) is 10.6. The van der Waals surface area contributed by atoms with Crippen molar-refractivity contribution in [3.8, 4) is 5.75 Å². The highest BCUT2D eigenvalue weighted by atomic mass is 28.3. The van der Waals surface area contributed by atoms with Crippen molar-refractivity contribution < 1.29 is 5.11 Å². The van der Waals surface area contributed by atoms with E-state index >= 15 is 0 Å². The zero-order valence-corrected chi connectivity index (χ0v) is 19.3. The second-order valence-corrected chi connectivity index (χ2v) is 24.9. The first-order chi connectivity index (χ1) is 10.2. The highest BCUT2D eigenvalue weighted by Crippen LogP contribution is 2.27. The van der Waals surface area contributed by atoms with E-state index in [4.69, 9.17) is 0 Å². The van der Waals surface area contributed by atoms with Gasteiger partial charge in [0.1, 0.15) is 5.75 Å². The number of rotatable bonds is 3. The predicted octanol–water partition coefficient (Wildman–Crippen LogP) is 4.18. The van der Waals surface area contributed by atoms with Crippen LogP contribution in [0.4, 0.5) is 0 Å². The highest BCUT2D eigenvalue weighted by molar-refractivity contribution is 6.94. The summed E-state index contributed by atoms with van der Waals surface area (Å²) in [5, 5.41) is 17.8. The largest absolute Gasteiger partial charge is 0.507 e. The van der Waals surface area contributed by atoms with Gasteiger partial charge in [0.25, 0.3) is 0 Å². The fourth-order valence-corrected chi connectivity index (χ4v) is 8.02. The van der Waals surface area contributed by atoms with Crippen LogP contribution in [0.3, 0.4) is 0 Å². The van der Waals surface area contributed by atoms with Gasteiger partial charge in [0.2, 0.25) is 0 Å². The maximum absolute atomic E-state index is 11.2. The zero-order chi connectivity index (χ0) is 17.8. The van der Waals surface area contributed by atoms with Crippen LogP contribution in [0.1, 0.15) is 0 Å². The minimum absolute atomic E-state index is 0.569. The normalized spacial score (nSPS) is 13.6. The number of benzene rings is 2. The molecule has 2 aromatic rings. The van der Waals surface area contributed by atoms with Crippen molar-refractivity contribution in [2.24, 2.45) is 0 Å². The molecule has 23 heavy (non-hydrogen) atoms. The van der Waals surface area contributed by atoms with E-state index in [1.54, 1.807) is 0 Å². The molecule has 1 N–H and O–H groups in total. The van der Waals surface area contributed by atoms with Crippen molar-refractivity contribution >= 4 is 50.6 Å². The molecule has 0 aliphatic rings.